The van der Waals surface area contributed by atoms with Crippen molar-refractivity contribution < 1.29 is 4.79 Å². The number of nitrogens with one attached hydrogen (secondary N) is 1. The summed E-state index contributed by atoms with van der Waals surface area (Å²) < 4.78 is 1.68. The van der Waals surface area contributed by atoms with E-state index in [9.17, 15) is 4.79 Å². The van der Waals surface area contributed by atoms with Gasteiger partial charge in [-0.25, -0.2) is 4.98 Å². The summed E-state index contributed by atoms with van der Waals surface area (Å²) in [7, 11) is 0. The zero-order valence-corrected chi connectivity index (χ0v) is 9.08. The van der Waals surface area contributed by atoms with Gasteiger partial charge in [0.25, 0.3) is 5.91 Å². The normalized spacial score (nSPS) is 10.1. The fourth-order valence-corrected chi connectivity index (χ4v) is 1.39. The van der Waals surface area contributed by atoms with Crippen molar-refractivity contribution in [2.75, 3.05) is 11.9 Å². The second-order valence-electron chi connectivity index (χ2n) is 3.36. The van der Waals surface area contributed by atoms with Gasteiger partial charge in [0, 0.05) is 18.9 Å². The van der Waals surface area contributed by atoms with E-state index in [0.717, 1.165) is 0 Å². The third-order valence-corrected chi connectivity index (χ3v) is 2.18. The molecule has 7 nitrogen and oxygen atoms in total. The van der Waals surface area contributed by atoms with Crippen LogP contribution in [-0.2, 0) is 6.54 Å². The number of carbonyl (C=O) groups is 1. The molecule has 0 aromatic carbocycles. The molecule has 2 aromatic rings. The molecule has 2 heterocycles. The summed E-state index contributed by atoms with van der Waals surface area (Å²) in [6.07, 6.45) is 4.97. The molecule has 0 unspecified atom stereocenters. The molecule has 0 spiro atoms. The average molecular weight is 232 g/mol. The molecule has 2 aromatic heterocycles. The Morgan fingerprint density at radius 2 is 2.35 bits per heavy atom. The quantitative estimate of drug-likeness (QED) is 0.749. The van der Waals surface area contributed by atoms with Crippen molar-refractivity contribution in [2.45, 2.75) is 6.54 Å². The van der Waals surface area contributed by atoms with Crippen LogP contribution in [0.1, 0.15) is 10.4 Å². The first kappa shape index (κ1) is 11.1. The molecule has 2 rings (SSSR count). The molecule has 7 heteroatoms. The van der Waals surface area contributed by atoms with Crippen LogP contribution in [0.3, 0.4) is 0 Å². The Kier molecular flexibility index (Phi) is 3.29. The van der Waals surface area contributed by atoms with Gasteiger partial charge in [-0.05, 0) is 12.1 Å². The fraction of sp³-hybridized carbons (Fsp3) is 0.200. The number of hydrogen-bond donors (Lipinski definition) is 2. The van der Waals surface area contributed by atoms with E-state index >= 15 is 0 Å². The molecule has 0 radical (unpaired) electrons. The molecule has 0 bridgehead atoms. The maximum Gasteiger partial charge on any atom is 0.252 e. The minimum Gasteiger partial charge on any atom is -0.368 e. The second-order valence-corrected chi connectivity index (χ2v) is 3.36. The first-order chi connectivity index (χ1) is 8.27. The lowest BCUT2D eigenvalue weighted by atomic mass is 10.2. The van der Waals surface area contributed by atoms with Crippen molar-refractivity contribution in [1.82, 2.24) is 20.0 Å². The van der Waals surface area contributed by atoms with Gasteiger partial charge in [0.1, 0.15) is 5.82 Å². The summed E-state index contributed by atoms with van der Waals surface area (Å²) in [6, 6.07) is 3.30. The van der Waals surface area contributed by atoms with Gasteiger partial charge in [0.2, 0.25) is 0 Å². The Morgan fingerprint density at radius 3 is 3.06 bits per heavy atom. The molecule has 0 saturated carbocycles. The molecule has 3 N–H and O–H groups in total. The molecular weight excluding hydrogens is 220 g/mol. The summed E-state index contributed by atoms with van der Waals surface area (Å²) >= 11 is 0. The molecule has 0 aliphatic carbocycles. The Balaban J connectivity index is 1.97. The summed E-state index contributed by atoms with van der Waals surface area (Å²) in [5, 5.41) is 10.5. The van der Waals surface area contributed by atoms with Gasteiger partial charge in [0.05, 0.1) is 18.3 Å². The van der Waals surface area contributed by atoms with Crippen LogP contribution in [0.2, 0.25) is 0 Å². The standard InChI is InChI=1S/C10H12N6O/c11-9(17)8-2-1-3-12-10(8)13-4-6-16-7-5-14-15-16/h1-3,5,7H,4,6H2,(H2,11,17)(H,12,13). The van der Waals surface area contributed by atoms with Crippen LogP contribution in [-0.4, -0.2) is 32.4 Å². The third-order valence-electron chi connectivity index (χ3n) is 2.18. The van der Waals surface area contributed by atoms with E-state index in [4.69, 9.17) is 5.73 Å². The van der Waals surface area contributed by atoms with Crippen molar-refractivity contribution in [1.29, 1.82) is 0 Å². The highest BCUT2D eigenvalue weighted by molar-refractivity contribution is 5.97. The highest BCUT2D eigenvalue weighted by atomic mass is 16.1. The minimum absolute atomic E-state index is 0.381. The van der Waals surface area contributed by atoms with Gasteiger partial charge in [-0.15, -0.1) is 5.10 Å². The lowest BCUT2D eigenvalue weighted by Crippen LogP contribution is -2.18. The summed E-state index contributed by atoms with van der Waals surface area (Å²) in [4.78, 5) is 15.2. The molecule has 0 saturated heterocycles. The van der Waals surface area contributed by atoms with Crippen molar-refractivity contribution in [2.24, 2.45) is 5.73 Å². The van der Waals surface area contributed by atoms with Gasteiger partial charge < -0.3 is 11.1 Å². The number of carbonyl (C=O) groups excluding carboxylic acids is 1. The van der Waals surface area contributed by atoms with Crippen LogP contribution in [0.25, 0.3) is 0 Å². The molecular formula is C10H12N6O. The lowest BCUT2D eigenvalue weighted by Gasteiger charge is -2.08. The first-order valence-electron chi connectivity index (χ1n) is 5.10. The maximum absolute atomic E-state index is 11.1. The number of aromatic nitrogens is 4. The van der Waals surface area contributed by atoms with Crippen LogP contribution in [0.5, 0.6) is 0 Å². The van der Waals surface area contributed by atoms with Gasteiger partial charge in [-0.1, -0.05) is 5.21 Å². The van der Waals surface area contributed by atoms with E-state index in [0.29, 0.717) is 24.5 Å². The zero-order valence-electron chi connectivity index (χ0n) is 9.08. The lowest BCUT2D eigenvalue weighted by molar-refractivity contribution is 0.100. The largest absolute Gasteiger partial charge is 0.368 e. The molecule has 0 aliphatic rings. The van der Waals surface area contributed by atoms with Crippen LogP contribution >= 0.6 is 0 Å². The van der Waals surface area contributed by atoms with E-state index in [2.05, 4.69) is 20.6 Å². The third kappa shape index (κ3) is 2.77. The Hall–Kier alpha value is -2.44. The highest BCUT2D eigenvalue weighted by Gasteiger charge is 2.07. The summed E-state index contributed by atoms with van der Waals surface area (Å²) in [5.41, 5.74) is 5.62. The van der Waals surface area contributed by atoms with Gasteiger partial charge in [-0.3, -0.25) is 9.48 Å². The van der Waals surface area contributed by atoms with E-state index in [1.165, 1.54) is 0 Å². The SMILES string of the molecule is NC(=O)c1cccnc1NCCn1ccnn1. The fourth-order valence-electron chi connectivity index (χ4n) is 1.39. The van der Waals surface area contributed by atoms with Crippen LogP contribution in [0.4, 0.5) is 5.82 Å². The van der Waals surface area contributed by atoms with E-state index in [1.807, 2.05) is 0 Å². The topological polar surface area (TPSA) is 98.7 Å². The van der Waals surface area contributed by atoms with Crippen molar-refractivity contribution in [3.8, 4) is 0 Å². The summed E-state index contributed by atoms with van der Waals surface area (Å²) in [6.45, 7) is 1.22. The zero-order chi connectivity index (χ0) is 12.1. The van der Waals surface area contributed by atoms with E-state index in [-0.39, 0.29) is 0 Å². The van der Waals surface area contributed by atoms with E-state index in [1.54, 1.807) is 35.4 Å². The first-order valence-corrected chi connectivity index (χ1v) is 5.10. The molecule has 17 heavy (non-hydrogen) atoms. The number of rotatable bonds is 5. The van der Waals surface area contributed by atoms with Gasteiger partial charge >= 0.3 is 0 Å². The van der Waals surface area contributed by atoms with Gasteiger partial charge in [0.15, 0.2) is 0 Å². The molecule has 0 atom stereocenters. The predicted molar refractivity (Wildman–Crippen MR) is 61.3 cm³/mol. The molecule has 88 valence electrons. The van der Waals surface area contributed by atoms with Crippen molar-refractivity contribution >= 4 is 11.7 Å². The van der Waals surface area contributed by atoms with Crippen LogP contribution < -0.4 is 11.1 Å². The van der Waals surface area contributed by atoms with Crippen molar-refractivity contribution in [3.63, 3.8) is 0 Å². The second kappa shape index (κ2) is 5.06. The number of amides is 1. The predicted octanol–water partition coefficient (Wildman–Crippen LogP) is -0.116. The average Bonchev–Trinajstić information content (AvgIpc) is 2.82. The molecule has 1 amide bonds. The molecule has 0 aliphatic heterocycles. The van der Waals surface area contributed by atoms with Crippen LogP contribution in [0, 0.1) is 0 Å². The van der Waals surface area contributed by atoms with E-state index < -0.39 is 5.91 Å². The Labute approximate surface area is 97.6 Å². The maximum atomic E-state index is 11.1. The van der Waals surface area contributed by atoms with Gasteiger partial charge in [-0.2, -0.15) is 0 Å². The Morgan fingerprint density at radius 1 is 1.47 bits per heavy atom. The van der Waals surface area contributed by atoms with Crippen molar-refractivity contribution in [3.05, 3.63) is 36.3 Å². The Bertz CT molecular complexity index is 495. The number of nitrogens with zero attached hydrogens (tertiary/aromatic N) is 4. The monoisotopic (exact) mass is 232 g/mol. The number of primary amides is 1. The molecule has 0 fully saturated rings. The highest BCUT2D eigenvalue weighted by Crippen LogP contribution is 2.09. The minimum atomic E-state index is -0.499. The number of anilines is 1. The number of nitrogens with two attached hydrogens (primary N) is 1. The number of pyridine rings is 1. The summed E-state index contributed by atoms with van der Waals surface area (Å²) in [5.74, 6) is -0.0125. The smallest absolute Gasteiger partial charge is 0.252 e. The number of hydrogen-bond acceptors (Lipinski definition) is 5. The van der Waals surface area contributed by atoms with Crippen LogP contribution in [0.15, 0.2) is 30.7 Å².